The second-order valence-corrected chi connectivity index (χ2v) is 0.654. The molecule has 0 aliphatic heterocycles. The molecular formula is C3H4N2O. The van der Waals surface area contributed by atoms with Crippen LogP contribution in [-0.2, 0) is 4.79 Å². The Morgan fingerprint density at radius 3 is 2.50 bits per heavy atom. The van der Waals surface area contributed by atoms with Crippen molar-refractivity contribution in [1.82, 2.24) is 0 Å². The molecule has 0 aromatic carbocycles. The Hall–Kier alpha value is -0.990. The van der Waals surface area contributed by atoms with Gasteiger partial charge in [-0.05, 0) is 6.08 Å². The van der Waals surface area contributed by atoms with Gasteiger partial charge in [0.1, 0.15) is 0 Å². The van der Waals surface area contributed by atoms with Crippen LogP contribution in [0, 0.1) is 5.53 Å². The van der Waals surface area contributed by atoms with Gasteiger partial charge in [0.05, 0.1) is 0 Å². The van der Waals surface area contributed by atoms with Crippen LogP contribution in [0.2, 0.25) is 0 Å². The third-order valence-corrected chi connectivity index (χ3v) is 0.285. The molecule has 0 fully saturated rings. The normalized spacial score (nSPS) is 6.67. The fourth-order valence-corrected chi connectivity index (χ4v) is 0.0456. The van der Waals surface area contributed by atoms with Gasteiger partial charge in [0.25, 0.3) is 5.91 Å². The van der Waals surface area contributed by atoms with E-state index in [9.17, 15) is 4.79 Å². The molecule has 6 heavy (non-hydrogen) atoms. The lowest BCUT2D eigenvalue weighted by Gasteiger charge is -1.66. The average Bonchev–Trinajstić information content (AvgIpc) is 1.65. The largest absolute Gasteiger partial charge is 0.286 e. The summed E-state index contributed by atoms with van der Waals surface area (Å²) in [5, 5.41) is 2.50. The van der Waals surface area contributed by atoms with Crippen molar-refractivity contribution >= 4 is 5.91 Å². The smallest absolute Gasteiger partial charge is 0.266 e. The zero-order valence-electron chi connectivity index (χ0n) is 3.14. The van der Waals surface area contributed by atoms with E-state index in [1.165, 1.54) is 0 Å². The van der Waals surface area contributed by atoms with Crippen molar-refractivity contribution in [2.75, 3.05) is 0 Å². The molecule has 0 aromatic rings. The van der Waals surface area contributed by atoms with Crippen molar-refractivity contribution in [2.45, 2.75) is 0 Å². The number of amides is 1. The van der Waals surface area contributed by atoms with Crippen LogP contribution >= 0.6 is 0 Å². The molecule has 0 radical (unpaired) electrons. The number of carbonyl (C=O) groups excluding carboxylic acids is 1. The Balaban J connectivity index is 3.52. The first kappa shape index (κ1) is 5.01. The zero-order chi connectivity index (χ0) is 4.99. The standard InChI is InChI=1S/C3H4N2O/c1-2-3(6)5-4/h2,4H,1H2. The van der Waals surface area contributed by atoms with E-state index in [1.54, 1.807) is 0 Å². The van der Waals surface area contributed by atoms with E-state index < -0.39 is 5.91 Å². The predicted octanol–water partition coefficient (Wildman–Crippen LogP) is 0.730. The lowest BCUT2D eigenvalue weighted by molar-refractivity contribution is -0.114. The molecule has 0 saturated carbocycles. The van der Waals surface area contributed by atoms with E-state index in [1.807, 2.05) is 0 Å². The van der Waals surface area contributed by atoms with E-state index in [0.717, 1.165) is 6.08 Å². The van der Waals surface area contributed by atoms with Crippen LogP contribution in [0.4, 0.5) is 0 Å². The van der Waals surface area contributed by atoms with Crippen LogP contribution in [0.15, 0.2) is 17.8 Å². The summed E-state index contributed by atoms with van der Waals surface area (Å²) in [6, 6.07) is 0. The Morgan fingerprint density at radius 1 is 2.00 bits per heavy atom. The summed E-state index contributed by atoms with van der Waals surface area (Å²) < 4.78 is 0. The van der Waals surface area contributed by atoms with Crippen LogP contribution in [-0.4, -0.2) is 5.91 Å². The third kappa shape index (κ3) is 1.34. The van der Waals surface area contributed by atoms with Gasteiger partial charge >= 0.3 is 0 Å². The van der Waals surface area contributed by atoms with Crippen molar-refractivity contribution in [2.24, 2.45) is 5.11 Å². The Kier molecular flexibility index (Phi) is 1.89. The van der Waals surface area contributed by atoms with Gasteiger partial charge in [-0.2, -0.15) is 0 Å². The number of hydrogen-bond donors (Lipinski definition) is 1. The molecule has 0 heterocycles. The van der Waals surface area contributed by atoms with Crippen LogP contribution in [0.1, 0.15) is 0 Å². The van der Waals surface area contributed by atoms with Crippen molar-refractivity contribution < 1.29 is 4.79 Å². The number of hydrogen-bond acceptors (Lipinski definition) is 2. The second-order valence-electron chi connectivity index (χ2n) is 0.654. The predicted molar refractivity (Wildman–Crippen MR) is 20.4 cm³/mol. The van der Waals surface area contributed by atoms with Gasteiger partial charge in [0.2, 0.25) is 0 Å². The van der Waals surface area contributed by atoms with Gasteiger partial charge in [0.15, 0.2) is 0 Å². The van der Waals surface area contributed by atoms with E-state index in [2.05, 4.69) is 11.7 Å². The molecular weight excluding hydrogens is 80.0 g/mol. The maximum absolute atomic E-state index is 9.71. The molecule has 0 aliphatic carbocycles. The molecule has 0 saturated heterocycles. The molecule has 0 bridgehead atoms. The first-order chi connectivity index (χ1) is 2.81. The van der Waals surface area contributed by atoms with Gasteiger partial charge in [-0.1, -0.05) is 6.58 Å². The molecule has 0 spiro atoms. The van der Waals surface area contributed by atoms with Crippen molar-refractivity contribution in [3.63, 3.8) is 0 Å². The highest BCUT2D eigenvalue weighted by atomic mass is 16.1. The number of rotatable bonds is 1. The molecule has 0 atom stereocenters. The zero-order valence-corrected chi connectivity index (χ0v) is 3.14. The quantitative estimate of drug-likeness (QED) is 0.369. The monoisotopic (exact) mass is 84.0 g/mol. The molecule has 1 amide bonds. The summed E-state index contributed by atoms with van der Waals surface area (Å²) >= 11 is 0. The molecule has 32 valence electrons. The maximum Gasteiger partial charge on any atom is 0.286 e. The summed E-state index contributed by atoms with van der Waals surface area (Å²) in [5.74, 6) is -0.602. The fourth-order valence-electron chi connectivity index (χ4n) is 0.0456. The minimum Gasteiger partial charge on any atom is -0.266 e. The van der Waals surface area contributed by atoms with Gasteiger partial charge in [0, 0.05) is 0 Å². The van der Waals surface area contributed by atoms with Crippen LogP contribution in [0.25, 0.3) is 0 Å². The highest BCUT2D eigenvalue weighted by Crippen LogP contribution is 1.68. The SMILES string of the molecule is C=CC(=O)N=N. The summed E-state index contributed by atoms with van der Waals surface area (Å²) in [6.07, 6.45) is 0.979. The van der Waals surface area contributed by atoms with Crippen LogP contribution in [0.3, 0.4) is 0 Å². The molecule has 0 rings (SSSR count). The first-order valence-electron chi connectivity index (χ1n) is 1.35. The molecule has 0 aromatic heterocycles. The Bertz CT molecular complexity index is 76.8. The van der Waals surface area contributed by atoms with Gasteiger partial charge in [-0.25, -0.2) is 5.53 Å². The Morgan fingerprint density at radius 2 is 2.50 bits per heavy atom. The molecule has 1 N–H and O–H groups in total. The van der Waals surface area contributed by atoms with Gasteiger partial charge in [-0.3, -0.25) is 4.79 Å². The summed E-state index contributed by atoms with van der Waals surface area (Å²) in [6.45, 7) is 3.07. The Labute approximate surface area is 35.2 Å². The maximum atomic E-state index is 9.71. The minimum atomic E-state index is -0.602. The molecule has 0 unspecified atom stereocenters. The van der Waals surface area contributed by atoms with Crippen molar-refractivity contribution in [3.8, 4) is 0 Å². The molecule has 3 heteroatoms. The fraction of sp³-hybridized carbons (Fsp3) is 0. The van der Waals surface area contributed by atoms with Gasteiger partial charge < -0.3 is 0 Å². The number of nitrogens with zero attached hydrogens (tertiary/aromatic N) is 1. The van der Waals surface area contributed by atoms with Crippen molar-refractivity contribution in [3.05, 3.63) is 12.7 Å². The topological polar surface area (TPSA) is 53.3 Å². The lowest BCUT2D eigenvalue weighted by Crippen LogP contribution is -1.77. The summed E-state index contributed by atoms with van der Waals surface area (Å²) in [7, 11) is 0. The van der Waals surface area contributed by atoms with Crippen LogP contribution in [0.5, 0.6) is 0 Å². The van der Waals surface area contributed by atoms with E-state index in [4.69, 9.17) is 5.53 Å². The first-order valence-corrected chi connectivity index (χ1v) is 1.35. The highest BCUT2D eigenvalue weighted by molar-refractivity contribution is 5.86. The average molecular weight is 84.1 g/mol. The molecule has 3 nitrogen and oxygen atoms in total. The van der Waals surface area contributed by atoms with Crippen molar-refractivity contribution in [1.29, 1.82) is 5.53 Å². The summed E-state index contributed by atoms with van der Waals surface area (Å²) in [4.78, 5) is 9.71. The van der Waals surface area contributed by atoms with E-state index in [-0.39, 0.29) is 0 Å². The lowest BCUT2D eigenvalue weighted by atomic mass is 10.6. The second kappa shape index (κ2) is 2.26. The third-order valence-electron chi connectivity index (χ3n) is 0.285. The van der Waals surface area contributed by atoms with Gasteiger partial charge in [-0.15, -0.1) is 5.11 Å². The van der Waals surface area contributed by atoms with E-state index >= 15 is 0 Å². The molecule has 0 aliphatic rings. The highest BCUT2D eigenvalue weighted by Gasteiger charge is 1.79. The minimum absolute atomic E-state index is 0.602. The number of carbonyl (C=O) groups is 1. The number of nitrogens with one attached hydrogen (secondary N) is 1. The summed E-state index contributed by atoms with van der Waals surface area (Å²) in [5.41, 5.74) is 6.01. The van der Waals surface area contributed by atoms with E-state index in [0.29, 0.717) is 0 Å². The van der Waals surface area contributed by atoms with Crippen LogP contribution < -0.4 is 0 Å².